The number of carbonyl (C=O) groups is 1. The number of hydrogen-bond acceptors (Lipinski definition) is 4. The van der Waals surface area contributed by atoms with E-state index in [1.807, 2.05) is 43.0 Å². The Kier molecular flexibility index (Phi) is 9.86. The lowest BCUT2D eigenvalue weighted by molar-refractivity contribution is -0.141. The van der Waals surface area contributed by atoms with Gasteiger partial charge in [0.15, 0.2) is 6.10 Å². The molecule has 142 valence electrons. The number of amides is 1. The molecule has 25 heavy (non-hydrogen) atoms. The highest BCUT2D eigenvalue weighted by Crippen LogP contribution is 2.21. The summed E-state index contributed by atoms with van der Waals surface area (Å²) in [6.07, 6.45) is 3.16. The molecule has 1 atom stereocenters. The number of ether oxygens (including phenoxy) is 2. The number of nitrogens with two attached hydrogens (primary N) is 1. The van der Waals surface area contributed by atoms with Crippen LogP contribution in [0.3, 0.4) is 0 Å². The smallest absolute Gasteiger partial charge is 0.263 e. The molecule has 1 aliphatic heterocycles. The van der Waals surface area contributed by atoms with E-state index in [4.69, 9.17) is 15.2 Å². The molecule has 5 nitrogen and oxygen atoms in total. The summed E-state index contributed by atoms with van der Waals surface area (Å²) in [4.78, 5) is 14.7. The fraction of sp³-hybridized carbons (Fsp3) is 0.632. The van der Waals surface area contributed by atoms with E-state index < -0.39 is 6.10 Å². The van der Waals surface area contributed by atoms with Crippen LogP contribution in [0.5, 0.6) is 5.75 Å². The van der Waals surface area contributed by atoms with E-state index in [1.165, 1.54) is 0 Å². The molecule has 1 aromatic rings. The van der Waals surface area contributed by atoms with Crippen LogP contribution in [-0.4, -0.2) is 49.3 Å². The maximum absolute atomic E-state index is 12.8. The fourth-order valence-electron chi connectivity index (χ4n) is 2.93. The second kappa shape index (κ2) is 11.3. The standard InChI is InChI=1S/C19H30N2O3.ClH/c1-3-17(24-18-8-5-4-7-15(18)2)19(22)21-12-9-16(10-13-21)23-14-6-11-20;/h4-5,7-8,16-17H,3,6,9-14,20H2,1-2H3;1H. The Morgan fingerprint density at radius 3 is 2.60 bits per heavy atom. The van der Waals surface area contributed by atoms with E-state index in [0.29, 0.717) is 19.6 Å². The van der Waals surface area contributed by atoms with Gasteiger partial charge in [-0.15, -0.1) is 12.4 Å². The average Bonchev–Trinajstić information content (AvgIpc) is 2.61. The normalized spacial score (nSPS) is 16.2. The zero-order valence-electron chi connectivity index (χ0n) is 15.3. The summed E-state index contributed by atoms with van der Waals surface area (Å²) in [7, 11) is 0. The first-order chi connectivity index (χ1) is 11.7. The lowest BCUT2D eigenvalue weighted by Crippen LogP contribution is -2.47. The molecule has 0 bridgehead atoms. The van der Waals surface area contributed by atoms with Crippen LogP contribution in [0.4, 0.5) is 0 Å². The SMILES string of the molecule is CCC(Oc1ccccc1C)C(=O)N1CCC(OCCCN)CC1.Cl. The van der Waals surface area contributed by atoms with E-state index in [9.17, 15) is 4.79 Å². The lowest BCUT2D eigenvalue weighted by atomic mass is 10.1. The summed E-state index contributed by atoms with van der Waals surface area (Å²) in [6, 6.07) is 7.82. The van der Waals surface area contributed by atoms with Crippen molar-refractivity contribution in [3.8, 4) is 5.75 Å². The number of nitrogens with zero attached hydrogens (tertiary/aromatic N) is 1. The van der Waals surface area contributed by atoms with E-state index >= 15 is 0 Å². The summed E-state index contributed by atoms with van der Waals surface area (Å²) >= 11 is 0. The van der Waals surface area contributed by atoms with Gasteiger partial charge in [0.05, 0.1) is 6.10 Å². The maximum atomic E-state index is 12.8. The van der Waals surface area contributed by atoms with Gasteiger partial charge in [-0.1, -0.05) is 25.1 Å². The van der Waals surface area contributed by atoms with Gasteiger partial charge in [-0.25, -0.2) is 0 Å². The second-order valence-corrected chi connectivity index (χ2v) is 6.32. The molecule has 0 spiro atoms. The van der Waals surface area contributed by atoms with Crippen molar-refractivity contribution in [2.75, 3.05) is 26.2 Å². The van der Waals surface area contributed by atoms with Crippen LogP contribution in [0.2, 0.25) is 0 Å². The molecule has 0 aromatic heterocycles. The van der Waals surface area contributed by atoms with Crippen molar-refractivity contribution in [2.24, 2.45) is 5.73 Å². The van der Waals surface area contributed by atoms with E-state index in [2.05, 4.69) is 0 Å². The van der Waals surface area contributed by atoms with Crippen molar-refractivity contribution in [3.05, 3.63) is 29.8 Å². The molecule has 1 saturated heterocycles. The van der Waals surface area contributed by atoms with Crippen LogP contribution in [0, 0.1) is 6.92 Å². The minimum absolute atomic E-state index is 0. The first kappa shape index (κ1) is 21.7. The number of hydrogen-bond donors (Lipinski definition) is 1. The van der Waals surface area contributed by atoms with Gasteiger partial charge in [-0.2, -0.15) is 0 Å². The minimum Gasteiger partial charge on any atom is -0.480 e. The molecule has 0 radical (unpaired) electrons. The van der Waals surface area contributed by atoms with Crippen molar-refractivity contribution in [1.82, 2.24) is 4.90 Å². The number of carbonyl (C=O) groups excluding carboxylic acids is 1. The van der Waals surface area contributed by atoms with E-state index in [-0.39, 0.29) is 24.4 Å². The van der Waals surface area contributed by atoms with E-state index in [0.717, 1.165) is 43.7 Å². The molecule has 2 N–H and O–H groups in total. The zero-order chi connectivity index (χ0) is 17.4. The van der Waals surface area contributed by atoms with Crippen molar-refractivity contribution in [1.29, 1.82) is 0 Å². The largest absolute Gasteiger partial charge is 0.480 e. The number of piperidine rings is 1. The summed E-state index contributed by atoms with van der Waals surface area (Å²) < 4.78 is 11.8. The van der Waals surface area contributed by atoms with Gasteiger partial charge >= 0.3 is 0 Å². The summed E-state index contributed by atoms with van der Waals surface area (Å²) in [6.45, 7) is 6.83. The van der Waals surface area contributed by atoms with Gasteiger partial charge in [0.25, 0.3) is 5.91 Å². The number of rotatable bonds is 8. The molecular weight excluding hydrogens is 340 g/mol. The van der Waals surface area contributed by atoms with Crippen molar-refractivity contribution < 1.29 is 14.3 Å². The highest BCUT2D eigenvalue weighted by atomic mass is 35.5. The summed E-state index contributed by atoms with van der Waals surface area (Å²) in [5.74, 6) is 0.874. The molecule has 1 fully saturated rings. The molecule has 0 saturated carbocycles. The number of para-hydroxylation sites is 1. The highest BCUT2D eigenvalue weighted by Gasteiger charge is 2.29. The number of benzene rings is 1. The number of aryl methyl sites for hydroxylation is 1. The van der Waals surface area contributed by atoms with Crippen LogP contribution >= 0.6 is 12.4 Å². The van der Waals surface area contributed by atoms with Crippen molar-refractivity contribution in [2.45, 2.75) is 51.7 Å². The van der Waals surface area contributed by atoms with Crippen LogP contribution < -0.4 is 10.5 Å². The summed E-state index contributed by atoms with van der Waals surface area (Å²) in [5, 5.41) is 0. The van der Waals surface area contributed by atoms with Gasteiger partial charge in [0.1, 0.15) is 5.75 Å². The first-order valence-corrected chi connectivity index (χ1v) is 8.98. The van der Waals surface area contributed by atoms with Gasteiger partial charge < -0.3 is 20.1 Å². The number of likely N-dealkylation sites (tertiary alicyclic amines) is 1. The molecule has 1 amide bonds. The van der Waals surface area contributed by atoms with Gasteiger partial charge in [-0.3, -0.25) is 4.79 Å². The highest BCUT2D eigenvalue weighted by molar-refractivity contribution is 5.85. The molecule has 1 heterocycles. The zero-order valence-corrected chi connectivity index (χ0v) is 16.1. The first-order valence-electron chi connectivity index (χ1n) is 8.98. The monoisotopic (exact) mass is 370 g/mol. The predicted octanol–water partition coefficient (Wildman–Crippen LogP) is 2.93. The minimum atomic E-state index is -0.416. The third kappa shape index (κ3) is 6.49. The average molecular weight is 371 g/mol. The fourth-order valence-corrected chi connectivity index (χ4v) is 2.93. The Balaban J connectivity index is 0.00000312. The molecule has 1 aliphatic rings. The number of halogens is 1. The molecular formula is C19H31ClN2O3. The Labute approximate surface area is 157 Å². The Hall–Kier alpha value is -1.30. The Bertz CT molecular complexity index is 519. The molecule has 1 unspecified atom stereocenters. The van der Waals surface area contributed by atoms with Gasteiger partial charge in [0, 0.05) is 19.7 Å². The molecule has 2 rings (SSSR count). The second-order valence-electron chi connectivity index (χ2n) is 6.32. The van der Waals surface area contributed by atoms with Crippen LogP contribution in [0.25, 0.3) is 0 Å². The lowest BCUT2D eigenvalue weighted by Gasteiger charge is -2.34. The maximum Gasteiger partial charge on any atom is 0.263 e. The molecule has 1 aromatic carbocycles. The quantitative estimate of drug-likeness (QED) is 0.714. The van der Waals surface area contributed by atoms with Gasteiger partial charge in [-0.05, 0) is 50.8 Å². The van der Waals surface area contributed by atoms with Crippen molar-refractivity contribution in [3.63, 3.8) is 0 Å². The van der Waals surface area contributed by atoms with Crippen LogP contribution in [0.1, 0.15) is 38.2 Å². The third-order valence-corrected chi connectivity index (χ3v) is 4.46. The van der Waals surface area contributed by atoms with Crippen molar-refractivity contribution >= 4 is 18.3 Å². The molecule has 0 aliphatic carbocycles. The Morgan fingerprint density at radius 2 is 2.00 bits per heavy atom. The van der Waals surface area contributed by atoms with Crippen LogP contribution in [0.15, 0.2) is 24.3 Å². The molecule has 6 heteroatoms. The Morgan fingerprint density at radius 1 is 1.32 bits per heavy atom. The van der Waals surface area contributed by atoms with Crippen LogP contribution in [-0.2, 0) is 9.53 Å². The van der Waals surface area contributed by atoms with E-state index in [1.54, 1.807) is 0 Å². The topological polar surface area (TPSA) is 64.8 Å². The third-order valence-electron chi connectivity index (χ3n) is 4.46. The summed E-state index contributed by atoms with van der Waals surface area (Å²) in [5.41, 5.74) is 6.53. The van der Waals surface area contributed by atoms with Gasteiger partial charge in [0.2, 0.25) is 0 Å². The predicted molar refractivity (Wildman–Crippen MR) is 102 cm³/mol.